The summed E-state index contributed by atoms with van der Waals surface area (Å²) < 4.78 is 0. The van der Waals surface area contributed by atoms with Crippen LogP contribution in [-0.2, 0) is 6.32 Å². The van der Waals surface area contributed by atoms with Crippen LogP contribution in [0.25, 0.3) is 0 Å². The van der Waals surface area contributed by atoms with Crippen molar-refractivity contribution in [1.29, 1.82) is 0 Å². The molecule has 1 aromatic rings. The standard InChI is InChI=1S/C11H14BO2/c1-2-6-12-8-9-4-3-5-10(7-9)11(13)14/h3-5,7H,2,6,8H2,1H3,(H,13,14). The summed E-state index contributed by atoms with van der Waals surface area (Å²) in [4.78, 5) is 10.7. The van der Waals surface area contributed by atoms with Crippen molar-refractivity contribution in [3.05, 3.63) is 35.4 Å². The molecule has 0 amide bonds. The molecule has 0 fully saturated rings. The van der Waals surface area contributed by atoms with Crippen LogP contribution in [0.5, 0.6) is 0 Å². The van der Waals surface area contributed by atoms with Gasteiger partial charge in [-0.1, -0.05) is 43.7 Å². The molecule has 0 bridgehead atoms. The van der Waals surface area contributed by atoms with Crippen molar-refractivity contribution in [3.63, 3.8) is 0 Å². The zero-order chi connectivity index (χ0) is 10.4. The first-order valence-corrected chi connectivity index (χ1v) is 4.88. The van der Waals surface area contributed by atoms with E-state index in [-0.39, 0.29) is 0 Å². The predicted molar refractivity (Wildman–Crippen MR) is 58.0 cm³/mol. The van der Waals surface area contributed by atoms with Gasteiger partial charge in [0.1, 0.15) is 7.28 Å². The quantitative estimate of drug-likeness (QED) is 0.570. The van der Waals surface area contributed by atoms with Crippen LogP contribution in [0.3, 0.4) is 0 Å². The third-order valence-corrected chi connectivity index (χ3v) is 2.05. The molecule has 0 aliphatic rings. The summed E-state index contributed by atoms with van der Waals surface area (Å²) >= 11 is 0. The van der Waals surface area contributed by atoms with Crippen LogP contribution in [0.1, 0.15) is 29.3 Å². The van der Waals surface area contributed by atoms with Crippen LogP contribution < -0.4 is 0 Å². The van der Waals surface area contributed by atoms with E-state index in [1.54, 1.807) is 18.2 Å². The number of carbonyl (C=O) groups is 1. The molecular formula is C11H14BO2. The van der Waals surface area contributed by atoms with Gasteiger partial charge in [-0.2, -0.15) is 0 Å². The van der Waals surface area contributed by atoms with E-state index < -0.39 is 5.97 Å². The van der Waals surface area contributed by atoms with E-state index in [1.165, 1.54) is 0 Å². The van der Waals surface area contributed by atoms with Crippen molar-refractivity contribution in [3.8, 4) is 0 Å². The summed E-state index contributed by atoms with van der Waals surface area (Å²) in [6.07, 6.45) is 3.07. The summed E-state index contributed by atoms with van der Waals surface area (Å²) in [5.41, 5.74) is 1.44. The summed E-state index contributed by atoms with van der Waals surface area (Å²) in [5, 5.41) is 8.77. The fourth-order valence-corrected chi connectivity index (χ4v) is 1.30. The first-order chi connectivity index (χ1) is 6.74. The minimum Gasteiger partial charge on any atom is -0.478 e. The smallest absolute Gasteiger partial charge is 0.335 e. The third-order valence-electron chi connectivity index (χ3n) is 2.05. The molecule has 0 unspecified atom stereocenters. The van der Waals surface area contributed by atoms with Crippen LogP contribution in [0.15, 0.2) is 24.3 Å². The van der Waals surface area contributed by atoms with Gasteiger partial charge in [0.2, 0.25) is 0 Å². The summed E-state index contributed by atoms with van der Waals surface area (Å²) in [6, 6.07) is 7.09. The third kappa shape index (κ3) is 3.25. The maximum Gasteiger partial charge on any atom is 0.335 e. The van der Waals surface area contributed by atoms with Gasteiger partial charge in [0, 0.05) is 0 Å². The number of carboxylic acid groups (broad SMARTS) is 1. The van der Waals surface area contributed by atoms with Gasteiger partial charge in [0.25, 0.3) is 0 Å². The second-order valence-corrected chi connectivity index (χ2v) is 3.29. The topological polar surface area (TPSA) is 37.3 Å². The Morgan fingerprint density at radius 1 is 1.50 bits per heavy atom. The lowest BCUT2D eigenvalue weighted by Crippen LogP contribution is -2.00. The van der Waals surface area contributed by atoms with Crippen molar-refractivity contribution in [2.24, 2.45) is 0 Å². The molecule has 3 heteroatoms. The highest BCUT2D eigenvalue weighted by Gasteiger charge is 2.02. The summed E-state index contributed by atoms with van der Waals surface area (Å²) in [6.45, 7) is 2.13. The van der Waals surface area contributed by atoms with E-state index in [1.807, 2.05) is 6.07 Å². The van der Waals surface area contributed by atoms with Gasteiger partial charge < -0.3 is 5.11 Å². The van der Waals surface area contributed by atoms with Crippen molar-refractivity contribution in [1.82, 2.24) is 0 Å². The summed E-state index contributed by atoms with van der Waals surface area (Å²) in [5.74, 6) is -0.859. The molecule has 1 N–H and O–H groups in total. The van der Waals surface area contributed by atoms with Crippen molar-refractivity contribution in [2.75, 3.05) is 0 Å². The molecule has 14 heavy (non-hydrogen) atoms. The second-order valence-electron chi connectivity index (χ2n) is 3.29. The van der Waals surface area contributed by atoms with Gasteiger partial charge in [-0.15, -0.1) is 0 Å². The summed E-state index contributed by atoms with van der Waals surface area (Å²) in [7, 11) is 2.18. The van der Waals surface area contributed by atoms with Crippen LogP contribution in [-0.4, -0.2) is 18.4 Å². The van der Waals surface area contributed by atoms with Crippen LogP contribution in [0, 0.1) is 0 Å². The van der Waals surface area contributed by atoms with Gasteiger partial charge in [-0.3, -0.25) is 0 Å². The fourth-order valence-electron chi connectivity index (χ4n) is 1.30. The Morgan fingerprint density at radius 2 is 2.29 bits per heavy atom. The second kappa shape index (κ2) is 5.48. The molecular weight excluding hydrogens is 175 g/mol. The number of benzene rings is 1. The van der Waals surface area contributed by atoms with Gasteiger partial charge >= 0.3 is 5.97 Å². The van der Waals surface area contributed by atoms with E-state index in [9.17, 15) is 4.79 Å². The molecule has 1 aromatic carbocycles. The predicted octanol–water partition coefficient (Wildman–Crippen LogP) is 2.42. The number of aromatic carboxylic acids is 1. The zero-order valence-electron chi connectivity index (χ0n) is 8.36. The molecule has 0 aromatic heterocycles. The molecule has 0 aliphatic heterocycles. The number of hydrogen-bond acceptors (Lipinski definition) is 1. The van der Waals surface area contributed by atoms with E-state index in [4.69, 9.17) is 5.11 Å². The number of rotatable bonds is 5. The lowest BCUT2D eigenvalue weighted by atomic mass is 9.68. The normalized spacial score (nSPS) is 9.79. The Hall–Kier alpha value is -1.25. The Balaban J connectivity index is 2.59. The minimum absolute atomic E-state index is 0.368. The fraction of sp³-hybridized carbons (Fsp3) is 0.364. The molecule has 0 aliphatic carbocycles. The van der Waals surface area contributed by atoms with Gasteiger partial charge in [-0.25, -0.2) is 4.79 Å². The minimum atomic E-state index is -0.859. The molecule has 1 rings (SSSR count). The first kappa shape index (κ1) is 10.8. The van der Waals surface area contributed by atoms with E-state index in [0.717, 1.165) is 24.6 Å². The number of carboxylic acids is 1. The van der Waals surface area contributed by atoms with Crippen LogP contribution in [0.4, 0.5) is 0 Å². The van der Waals surface area contributed by atoms with E-state index >= 15 is 0 Å². The molecule has 0 saturated carbocycles. The Labute approximate surface area is 85.2 Å². The van der Waals surface area contributed by atoms with E-state index in [0.29, 0.717) is 5.56 Å². The lowest BCUT2D eigenvalue weighted by molar-refractivity contribution is 0.0697. The van der Waals surface area contributed by atoms with Crippen molar-refractivity contribution in [2.45, 2.75) is 26.0 Å². The molecule has 0 saturated heterocycles. The monoisotopic (exact) mass is 189 g/mol. The number of hydrogen-bond donors (Lipinski definition) is 1. The van der Waals surface area contributed by atoms with Gasteiger partial charge in [0.15, 0.2) is 0 Å². The lowest BCUT2D eigenvalue weighted by Gasteiger charge is -2.00. The SMILES string of the molecule is CCC[B]Cc1cccc(C(=O)O)c1. The Kier molecular flexibility index (Phi) is 4.24. The highest BCUT2D eigenvalue weighted by atomic mass is 16.4. The average Bonchev–Trinajstić information content (AvgIpc) is 2.19. The molecule has 2 nitrogen and oxygen atoms in total. The average molecular weight is 189 g/mol. The van der Waals surface area contributed by atoms with Gasteiger partial charge in [-0.05, 0) is 12.1 Å². The molecule has 0 heterocycles. The maximum absolute atomic E-state index is 10.7. The van der Waals surface area contributed by atoms with E-state index in [2.05, 4.69) is 14.2 Å². The maximum atomic E-state index is 10.7. The molecule has 1 radical (unpaired) electrons. The van der Waals surface area contributed by atoms with Crippen LogP contribution >= 0.6 is 0 Å². The molecule has 0 spiro atoms. The highest BCUT2D eigenvalue weighted by molar-refractivity contribution is 6.34. The first-order valence-electron chi connectivity index (χ1n) is 4.88. The van der Waals surface area contributed by atoms with Crippen molar-refractivity contribution >= 4 is 13.2 Å². The molecule has 73 valence electrons. The van der Waals surface area contributed by atoms with Gasteiger partial charge in [0.05, 0.1) is 5.56 Å². The van der Waals surface area contributed by atoms with Crippen molar-refractivity contribution < 1.29 is 9.90 Å². The molecule has 0 atom stereocenters. The largest absolute Gasteiger partial charge is 0.478 e. The highest BCUT2D eigenvalue weighted by Crippen LogP contribution is 2.06. The Bertz CT molecular complexity index is 310. The Morgan fingerprint density at radius 3 is 2.93 bits per heavy atom. The van der Waals surface area contributed by atoms with Crippen LogP contribution in [0.2, 0.25) is 6.32 Å². The zero-order valence-corrected chi connectivity index (χ0v) is 8.36.